The Labute approximate surface area is 109 Å². The number of hydrogen-bond donors (Lipinski definition) is 0. The molecule has 0 saturated heterocycles. The van der Waals surface area contributed by atoms with Crippen LogP contribution in [0, 0.1) is 0 Å². The number of carbonyl (C=O) groups is 1. The van der Waals surface area contributed by atoms with Crippen LogP contribution < -0.4 is 0 Å². The summed E-state index contributed by atoms with van der Waals surface area (Å²) in [4.78, 5) is 14.0. The molecule has 0 saturated carbocycles. The lowest BCUT2D eigenvalue weighted by atomic mass is 9.90. The van der Waals surface area contributed by atoms with E-state index in [0.29, 0.717) is 0 Å². The van der Waals surface area contributed by atoms with Crippen molar-refractivity contribution in [3.05, 3.63) is 71.8 Å². The third-order valence-corrected chi connectivity index (χ3v) is 2.95. The van der Waals surface area contributed by atoms with Crippen molar-refractivity contribution in [1.82, 2.24) is 4.90 Å². The van der Waals surface area contributed by atoms with Gasteiger partial charge in [0.1, 0.15) is 0 Å². The van der Waals surface area contributed by atoms with Crippen molar-refractivity contribution in [2.45, 2.75) is 5.92 Å². The molecule has 2 aromatic carbocycles. The van der Waals surface area contributed by atoms with Gasteiger partial charge in [-0.05, 0) is 11.1 Å². The predicted molar refractivity (Wildman–Crippen MR) is 74.5 cm³/mol. The maximum absolute atomic E-state index is 12.4. The van der Waals surface area contributed by atoms with E-state index in [-0.39, 0.29) is 13.3 Å². The van der Waals surface area contributed by atoms with Crippen LogP contribution >= 0.6 is 0 Å². The molecule has 0 aliphatic rings. The first-order valence-corrected chi connectivity index (χ1v) is 6.01. The molecule has 0 N–H and O–H groups in total. The Morgan fingerprint density at radius 2 is 1.28 bits per heavy atom. The highest BCUT2D eigenvalue weighted by Crippen LogP contribution is 2.25. The highest BCUT2D eigenvalue weighted by atomic mass is 16.2. The molecule has 0 unspecified atom stereocenters. The van der Waals surface area contributed by atoms with Crippen LogP contribution in [0.1, 0.15) is 18.5 Å². The Morgan fingerprint density at radius 3 is 1.61 bits per heavy atom. The quantitative estimate of drug-likeness (QED) is 0.807. The lowest BCUT2D eigenvalue weighted by Crippen LogP contribution is -2.28. The van der Waals surface area contributed by atoms with Crippen molar-refractivity contribution in [1.29, 1.82) is 0 Å². The fourth-order valence-corrected chi connectivity index (χ4v) is 2.03. The largest absolute Gasteiger partial charge is 1.00 e. The molecule has 0 spiro atoms. The van der Waals surface area contributed by atoms with Gasteiger partial charge in [-0.2, -0.15) is 0 Å². The Kier molecular flexibility index (Phi) is 3.78. The third-order valence-electron chi connectivity index (χ3n) is 2.95. The molecular formula is C16H18NO+. The zero-order chi connectivity index (χ0) is 13.0. The van der Waals surface area contributed by atoms with E-state index in [0.717, 1.165) is 11.1 Å². The van der Waals surface area contributed by atoms with E-state index in [1.54, 1.807) is 19.0 Å². The lowest BCUT2D eigenvalue weighted by molar-refractivity contribution is -0.129. The first-order valence-electron chi connectivity index (χ1n) is 6.01. The van der Waals surface area contributed by atoms with Crippen LogP contribution in [-0.2, 0) is 4.79 Å². The van der Waals surface area contributed by atoms with E-state index in [9.17, 15) is 4.79 Å². The van der Waals surface area contributed by atoms with E-state index in [2.05, 4.69) is 0 Å². The molecule has 2 heteroatoms. The van der Waals surface area contributed by atoms with Gasteiger partial charge >= 0.3 is 1.43 Å². The van der Waals surface area contributed by atoms with Gasteiger partial charge in [-0.15, -0.1) is 0 Å². The first kappa shape index (κ1) is 12.4. The second-order valence-corrected chi connectivity index (χ2v) is 4.49. The maximum Gasteiger partial charge on any atom is 1.00 e. The topological polar surface area (TPSA) is 20.3 Å². The van der Waals surface area contributed by atoms with Crippen LogP contribution in [0.15, 0.2) is 60.7 Å². The summed E-state index contributed by atoms with van der Waals surface area (Å²) in [6, 6.07) is 19.8. The van der Waals surface area contributed by atoms with Crippen LogP contribution in [0.4, 0.5) is 0 Å². The van der Waals surface area contributed by atoms with Gasteiger partial charge in [-0.3, -0.25) is 4.79 Å². The summed E-state index contributed by atoms with van der Waals surface area (Å²) in [6.07, 6.45) is 0. The van der Waals surface area contributed by atoms with Crippen LogP contribution in [0.25, 0.3) is 0 Å². The van der Waals surface area contributed by atoms with Gasteiger partial charge in [0.25, 0.3) is 0 Å². The Balaban J connectivity index is 0.00000180. The van der Waals surface area contributed by atoms with E-state index in [1.807, 2.05) is 60.7 Å². The summed E-state index contributed by atoms with van der Waals surface area (Å²) >= 11 is 0. The molecule has 2 aromatic rings. The fraction of sp³-hybridized carbons (Fsp3) is 0.188. The smallest absolute Gasteiger partial charge is 0.348 e. The minimum atomic E-state index is -0.220. The summed E-state index contributed by atoms with van der Waals surface area (Å²) < 4.78 is 0. The summed E-state index contributed by atoms with van der Waals surface area (Å²) in [7, 11) is 3.59. The van der Waals surface area contributed by atoms with Crippen molar-refractivity contribution in [2.75, 3.05) is 14.1 Å². The molecule has 1 amide bonds. The van der Waals surface area contributed by atoms with Gasteiger partial charge in [-0.1, -0.05) is 60.7 Å². The molecule has 0 aliphatic carbocycles. The minimum Gasteiger partial charge on any atom is -0.348 e. The van der Waals surface area contributed by atoms with Crippen molar-refractivity contribution >= 4 is 5.91 Å². The van der Waals surface area contributed by atoms with Gasteiger partial charge in [0.15, 0.2) is 0 Å². The molecule has 0 bridgehead atoms. The Morgan fingerprint density at radius 1 is 0.889 bits per heavy atom. The normalized spacial score (nSPS) is 10.4. The third kappa shape index (κ3) is 2.59. The number of benzene rings is 2. The zero-order valence-electron chi connectivity index (χ0n) is 11.7. The fourth-order valence-electron chi connectivity index (χ4n) is 2.03. The highest BCUT2D eigenvalue weighted by Gasteiger charge is 2.23. The van der Waals surface area contributed by atoms with E-state index in [1.165, 1.54) is 0 Å². The molecule has 92 valence electrons. The van der Waals surface area contributed by atoms with Crippen molar-refractivity contribution in [3.63, 3.8) is 0 Å². The monoisotopic (exact) mass is 240 g/mol. The van der Waals surface area contributed by atoms with Gasteiger partial charge in [0.2, 0.25) is 5.91 Å². The molecule has 0 heterocycles. The summed E-state index contributed by atoms with van der Waals surface area (Å²) in [5.74, 6) is -0.116. The molecule has 0 atom stereocenters. The van der Waals surface area contributed by atoms with Crippen LogP contribution in [0.3, 0.4) is 0 Å². The Hall–Kier alpha value is -2.09. The molecule has 0 radical (unpaired) electrons. The van der Waals surface area contributed by atoms with Gasteiger partial charge in [0, 0.05) is 14.1 Å². The van der Waals surface area contributed by atoms with E-state index in [4.69, 9.17) is 0 Å². The molecule has 2 nitrogen and oxygen atoms in total. The second kappa shape index (κ2) is 5.50. The van der Waals surface area contributed by atoms with Crippen molar-refractivity contribution in [2.24, 2.45) is 0 Å². The summed E-state index contributed by atoms with van der Waals surface area (Å²) in [5, 5.41) is 0. The van der Waals surface area contributed by atoms with E-state index < -0.39 is 0 Å². The number of rotatable bonds is 3. The predicted octanol–water partition coefficient (Wildman–Crippen LogP) is 3.02. The molecule has 0 fully saturated rings. The van der Waals surface area contributed by atoms with Crippen molar-refractivity contribution in [3.8, 4) is 0 Å². The summed E-state index contributed by atoms with van der Waals surface area (Å²) in [5.41, 5.74) is 2.06. The number of likely N-dealkylation sites (N-methyl/N-ethyl adjacent to an activating group) is 1. The molecule has 2 rings (SSSR count). The number of amides is 1. The number of hydrogen-bond acceptors (Lipinski definition) is 1. The van der Waals surface area contributed by atoms with Gasteiger partial charge < -0.3 is 4.90 Å². The second-order valence-electron chi connectivity index (χ2n) is 4.49. The SMILES string of the molecule is CN(C)C(=O)C(c1ccccc1)c1ccccc1.[H+]. The number of carbonyl (C=O) groups excluding carboxylic acids is 1. The average Bonchev–Trinajstić information content (AvgIpc) is 2.41. The van der Waals surface area contributed by atoms with Crippen LogP contribution in [0.2, 0.25) is 0 Å². The molecule has 0 aliphatic heterocycles. The number of nitrogens with zero attached hydrogens (tertiary/aromatic N) is 1. The Bertz CT molecular complexity index is 471. The molecule has 18 heavy (non-hydrogen) atoms. The zero-order valence-corrected chi connectivity index (χ0v) is 10.7. The minimum absolute atomic E-state index is 0. The first-order chi connectivity index (χ1) is 8.70. The van der Waals surface area contributed by atoms with Crippen LogP contribution in [0.5, 0.6) is 0 Å². The molecule has 0 aromatic heterocycles. The molecular weight excluding hydrogens is 222 g/mol. The van der Waals surface area contributed by atoms with E-state index >= 15 is 0 Å². The van der Waals surface area contributed by atoms with Crippen molar-refractivity contribution < 1.29 is 6.22 Å². The average molecular weight is 240 g/mol. The van der Waals surface area contributed by atoms with Gasteiger partial charge in [-0.25, -0.2) is 0 Å². The van der Waals surface area contributed by atoms with Crippen LogP contribution in [-0.4, -0.2) is 24.9 Å². The summed E-state index contributed by atoms with van der Waals surface area (Å²) in [6.45, 7) is 0. The lowest BCUT2D eigenvalue weighted by Gasteiger charge is -2.21. The highest BCUT2D eigenvalue weighted by molar-refractivity contribution is 5.86. The standard InChI is InChI=1S/C16H17NO/c1-17(2)16(18)15(13-9-5-3-6-10-13)14-11-7-4-8-12-14/h3-12,15H,1-2H3/p+1. The van der Waals surface area contributed by atoms with Gasteiger partial charge in [0.05, 0.1) is 5.92 Å². The maximum atomic E-state index is 12.4.